The van der Waals surface area contributed by atoms with Crippen LogP contribution in [0.2, 0.25) is 0 Å². The minimum absolute atomic E-state index is 0.0222. The lowest BCUT2D eigenvalue weighted by Gasteiger charge is -2.18. The highest BCUT2D eigenvalue weighted by Gasteiger charge is 2.21. The van der Waals surface area contributed by atoms with E-state index in [9.17, 15) is 4.79 Å². The van der Waals surface area contributed by atoms with Crippen molar-refractivity contribution < 1.29 is 4.79 Å². The first kappa shape index (κ1) is 17.2. The van der Waals surface area contributed by atoms with Gasteiger partial charge in [-0.15, -0.1) is 0 Å². The molecular weight excluding hydrogens is 310 g/mol. The molecule has 1 aromatic carbocycles. The van der Waals surface area contributed by atoms with Crippen molar-refractivity contribution >= 4 is 11.6 Å². The summed E-state index contributed by atoms with van der Waals surface area (Å²) >= 11 is 0. The summed E-state index contributed by atoms with van der Waals surface area (Å²) < 4.78 is 2.08. The summed E-state index contributed by atoms with van der Waals surface area (Å²) in [6.07, 6.45) is 4.34. The Morgan fingerprint density at radius 1 is 1.20 bits per heavy atom. The number of carbonyl (C=O) groups is 1. The van der Waals surface area contributed by atoms with E-state index >= 15 is 0 Å². The van der Waals surface area contributed by atoms with Gasteiger partial charge in [-0.2, -0.15) is 0 Å². The number of hydrogen-bond acceptors (Lipinski definition) is 2. The number of pyridine rings is 1. The molecule has 1 N–H and O–H groups in total. The molecule has 2 heterocycles. The quantitative estimate of drug-likeness (QED) is 0.742. The standard InChI is InChI=1S/C21H25N3O/c1-15(2)13-23-21(25)12-18(17-7-5-4-6-8-17)19-14-22-20-11-16(3)9-10-24(19)20/h4-11,14-15,18H,12-13H2,1-3H3,(H,23,25). The number of imidazole rings is 1. The van der Waals surface area contributed by atoms with Crippen molar-refractivity contribution in [1.82, 2.24) is 14.7 Å². The van der Waals surface area contributed by atoms with E-state index in [0.29, 0.717) is 18.9 Å². The molecule has 1 amide bonds. The van der Waals surface area contributed by atoms with Gasteiger partial charge in [0.05, 0.1) is 5.69 Å². The third-order valence-corrected chi connectivity index (χ3v) is 4.35. The van der Waals surface area contributed by atoms with Gasteiger partial charge in [-0.3, -0.25) is 4.79 Å². The van der Waals surface area contributed by atoms with Crippen molar-refractivity contribution in [2.45, 2.75) is 33.1 Å². The van der Waals surface area contributed by atoms with Gasteiger partial charge in [0.25, 0.3) is 0 Å². The van der Waals surface area contributed by atoms with Gasteiger partial charge >= 0.3 is 0 Å². The average Bonchev–Trinajstić information content (AvgIpc) is 3.01. The predicted molar refractivity (Wildman–Crippen MR) is 101 cm³/mol. The van der Waals surface area contributed by atoms with Gasteiger partial charge in [0.15, 0.2) is 0 Å². The number of hydrogen-bond donors (Lipinski definition) is 1. The first-order valence-electron chi connectivity index (χ1n) is 8.80. The number of nitrogens with one attached hydrogen (secondary N) is 1. The monoisotopic (exact) mass is 335 g/mol. The van der Waals surface area contributed by atoms with Crippen molar-refractivity contribution in [2.75, 3.05) is 6.54 Å². The molecule has 0 spiro atoms. The van der Waals surface area contributed by atoms with Crippen LogP contribution in [0.15, 0.2) is 54.9 Å². The topological polar surface area (TPSA) is 46.4 Å². The number of aryl methyl sites for hydroxylation is 1. The molecule has 0 bridgehead atoms. The summed E-state index contributed by atoms with van der Waals surface area (Å²) in [7, 11) is 0. The van der Waals surface area contributed by atoms with Crippen LogP contribution in [0.5, 0.6) is 0 Å². The first-order valence-corrected chi connectivity index (χ1v) is 8.80. The fourth-order valence-electron chi connectivity index (χ4n) is 3.01. The van der Waals surface area contributed by atoms with Crippen molar-refractivity contribution in [1.29, 1.82) is 0 Å². The first-order chi connectivity index (χ1) is 12.0. The Morgan fingerprint density at radius 3 is 2.68 bits per heavy atom. The molecule has 4 heteroatoms. The molecule has 1 atom stereocenters. The molecular formula is C21H25N3O. The predicted octanol–water partition coefficient (Wildman–Crippen LogP) is 3.94. The van der Waals surface area contributed by atoms with E-state index in [2.05, 4.69) is 59.7 Å². The molecule has 0 radical (unpaired) electrons. The third kappa shape index (κ3) is 4.08. The number of nitrogens with zero attached hydrogens (tertiary/aromatic N) is 2. The minimum atomic E-state index is -0.0222. The van der Waals surface area contributed by atoms with Gasteiger partial charge in [-0.25, -0.2) is 4.98 Å². The van der Waals surface area contributed by atoms with Crippen LogP contribution in [0.25, 0.3) is 5.65 Å². The number of carbonyl (C=O) groups excluding carboxylic acids is 1. The Hall–Kier alpha value is -2.62. The maximum Gasteiger partial charge on any atom is 0.221 e. The average molecular weight is 335 g/mol. The summed E-state index contributed by atoms with van der Waals surface area (Å²) in [5, 5.41) is 3.03. The van der Waals surface area contributed by atoms with Crippen LogP contribution in [0.4, 0.5) is 0 Å². The molecule has 4 nitrogen and oxygen atoms in total. The molecule has 130 valence electrons. The largest absolute Gasteiger partial charge is 0.356 e. The lowest BCUT2D eigenvalue weighted by atomic mass is 9.92. The maximum absolute atomic E-state index is 12.5. The maximum atomic E-state index is 12.5. The van der Waals surface area contributed by atoms with E-state index in [0.717, 1.165) is 16.9 Å². The van der Waals surface area contributed by atoms with Gasteiger partial charge in [0.2, 0.25) is 5.91 Å². The summed E-state index contributed by atoms with van der Waals surface area (Å²) in [6, 6.07) is 14.3. The highest BCUT2D eigenvalue weighted by atomic mass is 16.1. The van der Waals surface area contributed by atoms with Crippen LogP contribution < -0.4 is 5.32 Å². The van der Waals surface area contributed by atoms with Crippen LogP contribution in [-0.2, 0) is 4.79 Å². The van der Waals surface area contributed by atoms with Crippen molar-refractivity contribution in [3.63, 3.8) is 0 Å². The summed E-state index contributed by atoms with van der Waals surface area (Å²) in [5.74, 6) is 0.494. The van der Waals surface area contributed by atoms with Gasteiger partial charge in [-0.05, 0) is 36.1 Å². The summed E-state index contributed by atoms with van der Waals surface area (Å²) in [6.45, 7) is 6.96. The lowest BCUT2D eigenvalue weighted by Crippen LogP contribution is -2.29. The van der Waals surface area contributed by atoms with Crippen molar-refractivity contribution in [3.8, 4) is 0 Å². The Bertz CT molecular complexity index is 852. The van der Waals surface area contributed by atoms with E-state index in [1.807, 2.05) is 30.6 Å². The molecule has 0 saturated heterocycles. The SMILES string of the molecule is Cc1ccn2c(C(CC(=O)NCC(C)C)c3ccccc3)cnc2c1. The number of amides is 1. The molecule has 2 aromatic heterocycles. The number of aromatic nitrogens is 2. The van der Waals surface area contributed by atoms with E-state index in [4.69, 9.17) is 0 Å². The Kier molecular flexibility index (Phi) is 5.17. The molecule has 0 aliphatic heterocycles. The van der Waals surface area contributed by atoms with Gasteiger partial charge in [0, 0.05) is 31.3 Å². The van der Waals surface area contributed by atoms with Gasteiger partial charge in [-0.1, -0.05) is 44.2 Å². The third-order valence-electron chi connectivity index (χ3n) is 4.35. The number of benzene rings is 1. The normalized spacial score (nSPS) is 12.5. The van der Waals surface area contributed by atoms with E-state index in [1.165, 1.54) is 5.56 Å². The van der Waals surface area contributed by atoms with Gasteiger partial charge < -0.3 is 9.72 Å². The molecule has 0 aliphatic carbocycles. The molecule has 0 fully saturated rings. The second-order valence-corrected chi connectivity index (χ2v) is 6.98. The molecule has 0 aliphatic rings. The molecule has 3 rings (SSSR count). The fourth-order valence-corrected chi connectivity index (χ4v) is 3.01. The second-order valence-electron chi connectivity index (χ2n) is 6.98. The zero-order valence-electron chi connectivity index (χ0n) is 15.1. The van der Waals surface area contributed by atoms with Crippen LogP contribution in [0.3, 0.4) is 0 Å². The van der Waals surface area contributed by atoms with Crippen LogP contribution in [0.1, 0.15) is 43.0 Å². The number of rotatable bonds is 6. The molecule has 1 unspecified atom stereocenters. The van der Waals surface area contributed by atoms with Crippen LogP contribution in [-0.4, -0.2) is 21.8 Å². The summed E-state index contributed by atoms with van der Waals surface area (Å²) in [4.78, 5) is 17.0. The highest BCUT2D eigenvalue weighted by Crippen LogP contribution is 2.28. The fraction of sp³-hybridized carbons (Fsp3) is 0.333. The minimum Gasteiger partial charge on any atom is -0.356 e. The molecule has 25 heavy (non-hydrogen) atoms. The van der Waals surface area contributed by atoms with E-state index in [-0.39, 0.29) is 11.8 Å². The molecule has 0 saturated carbocycles. The van der Waals surface area contributed by atoms with Crippen molar-refractivity contribution in [3.05, 3.63) is 71.7 Å². The second kappa shape index (κ2) is 7.51. The van der Waals surface area contributed by atoms with Crippen LogP contribution in [0, 0.1) is 12.8 Å². The molecule has 3 aromatic rings. The lowest BCUT2D eigenvalue weighted by molar-refractivity contribution is -0.121. The van der Waals surface area contributed by atoms with Gasteiger partial charge in [0.1, 0.15) is 5.65 Å². The van der Waals surface area contributed by atoms with E-state index in [1.54, 1.807) is 0 Å². The Balaban J connectivity index is 1.94. The number of fused-ring (bicyclic) bond motifs is 1. The summed E-state index contributed by atoms with van der Waals surface area (Å²) in [5.41, 5.74) is 4.26. The zero-order valence-corrected chi connectivity index (χ0v) is 15.1. The van der Waals surface area contributed by atoms with Crippen molar-refractivity contribution in [2.24, 2.45) is 5.92 Å². The Labute approximate surface area is 148 Å². The smallest absolute Gasteiger partial charge is 0.221 e. The highest BCUT2D eigenvalue weighted by molar-refractivity contribution is 5.77. The van der Waals surface area contributed by atoms with Crippen LogP contribution >= 0.6 is 0 Å². The zero-order chi connectivity index (χ0) is 17.8. The Morgan fingerprint density at radius 2 is 1.96 bits per heavy atom. The van der Waals surface area contributed by atoms with E-state index < -0.39 is 0 Å².